The topological polar surface area (TPSA) is 121 Å². The summed E-state index contributed by atoms with van der Waals surface area (Å²) in [6.07, 6.45) is 12.5. The minimum absolute atomic E-state index is 0.0407. The Morgan fingerprint density at radius 2 is 1.59 bits per heavy atom. The van der Waals surface area contributed by atoms with E-state index in [0.717, 1.165) is 94.2 Å². The molecular formula is C46H60N6O5Si. The quantitative estimate of drug-likeness (QED) is 0.0835. The lowest BCUT2D eigenvalue weighted by Gasteiger charge is -2.28. The summed E-state index contributed by atoms with van der Waals surface area (Å²) in [5.41, 5.74) is 6.61. The normalized spacial score (nSPS) is 20.1. The Morgan fingerprint density at radius 1 is 0.828 bits per heavy atom. The third-order valence-electron chi connectivity index (χ3n) is 11.1. The molecule has 12 heteroatoms. The molecule has 4 aromatic rings. The monoisotopic (exact) mass is 804 g/mol. The van der Waals surface area contributed by atoms with E-state index in [2.05, 4.69) is 54.5 Å². The van der Waals surface area contributed by atoms with E-state index in [4.69, 9.17) is 34.2 Å². The molecule has 2 aliphatic heterocycles. The molecule has 0 bridgehead atoms. The molecule has 0 N–H and O–H groups in total. The number of amides is 1. The molecule has 1 amide bonds. The fraction of sp³-hybridized carbons (Fsp3) is 0.522. The first-order valence-electron chi connectivity index (χ1n) is 20.9. The molecule has 1 unspecified atom stereocenters. The van der Waals surface area contributed by atoms with Gasteiger partial charge in [0.1, 0.15) is 23.8 Å². The van der Waals surface area contributed by atoms with E-state index in [1.807, 2.05) is 77.3 Å². The van der Waals surface area contributed by atoms with Crippen LogP contribution in [0.15, 0.2) is 66.2 Å². The van der Waals surface area contributed by atoms with E-state index in [0.29, 0.717) is 26.3 Å². The van der Waals surface area contributed by atoms with Crippen LogP contribution < -0.4 is 0 Å². The second kappa shape index (κ2) is 16.5. The van der Waals surface area contributed by atoms with E-state index in [1.165, 1.54) is 0 Å². The zero-order valence-corrected chi connectivity index (χ0v) is 36.8. The van der Waals surface area contributed by atoms with Gasteiger partial charge < -0.3 is 18.8 Å². The number of aromatic nitrogens is 4. The summed E-state index contributed by atoms with van der Waals surface area (Å²) >= 11 is 0. The number of carbonyl (C=O) groups excluding carboxylic acids is 2. The lowest BCUT2D eigenvalue weighted by atomic mass is 9.95. The lowest BCUT2D eigenvalue weighted by molar-refractivity contribution is -0.160. The molecule has 2 fully saturated rings. The van der Waals surface area contributed by atoms with E-state index in [-0.39, 0.29) is 29.9 Å². The van der Waals surface area contributed by atoms with Crippen molar-refractivity contribution in [3.05, 3.63) is 72.6 Å². The summed E-state index contributed by atoms with van der Waals surface area (Å²) in [6, 6.07) is 13.6. The largest absolute Gasteiger partial charge is 0.460 e. The fourth-order valence-corrected chi connectivity index (χ4v) is 8.93. The highest BCUT2D eigenvalue weighted by atomic mass is 28.3. The van der Waals surface area contributed by atoms with Gasteiger partial charge in [-0.15, -0.1) is 0 Å². The minimum atomic E-state index is -1.28. The fourth-order valence-electron chi connectivity index (χ4n) is 8.17. The van der Waals surface area contributed by atoms with Crippen molar-refractivity contribution in [1.29, 1.82) is 0 Å². The van der Waals surface area contributed by atoms with Crippen molar-refractivity contribution < 1.29 is 23.8 Å². The molecule has 1 saturated heterocycles. The molecule has 1 aromatic carbocycles. The molecule has 0 spiro atoms. The van der Waals surface area contributed by atoms with Crippen LogP contribution in [0.25, 0.3) is 39.0 Å². The first-order valence-corrected chi connectivity index (χ1v) is 24.6. The summed E-state index contributed by atoms with van der Waals surface area (Å²) in [5.74, 6) is 0.448. The Bertz CT molecular complexity index is 2210. The van der Waals surface area contributed by atoms with E-state index < -0.39 is 19.3 Å². The summed E-state index contributed by atoms with van der Waals surface area (Å²) < 4.78 is 20.0. The number of hydrogen-bond donors (Lipinski definition) is 0. The summed E-state index contributed by atoms with van der Waals surface area (Å²) in [6.45, 7) is 20.2. The molecule has 1 saturated carbocycles. The standard InChI is InChI=1S/C46H60N6O5Si/c1-45(2,3)56-43(53)36-13-10-12-35(36)42-50-28-41(52(42)29-55-20-21-58(7,8)9)34-22-30-15-16-31(23-38(30)48-27-34)37-18-17-32(25-47-37)33-24-39(49-26-33)40-14-11-19-51(40)44(54)57-46(4,5)6/h15-18,22-23,25-28,35-36,40H,10-14,19-21,24,29H2,1-9H3/t35-,36?,40+/m1/s1. The van der Waals surface area contributed by atoms with Crippen LogP contribution in [0.3, 0.4) is 0 Å². The molecule has 1 aliphatic carbocycles. The second-order valence-corrected chi connectivity index (χ2v) is 24.9. The highest BCUT2D eigenvalue weighted by molar-refractivity contribution is 6.76. The molecule has 308 valence electrons. The van der Waals surface area contributed by atoms with Gasteiger partial charge in [-0.1, -0.05) is 44.3 Å². The molecule has 3 atom stereocenters. The SMILES string of the molecule is CC(C)(C)OC(=O)C1CCC[C@H]1c1ncc(-c2cnc3cc(-c4ccc(C5=CN=C([C@@H]6CCCN6C(=O)OC(C)(C)C)C5)cn4)ccc3c2)n1COCC[Si](C)(C)C. The molecule has 11 nitrogen and oxygen atoms in total. The smallest absolute Gasteiger partial charge is 0.410 e. The van der Waals surface area contributed by atoms with Gasteiger partial charge in [-0.05, 0) is 103 Å². The Labute approximate surface area is 344 Å². The van der Waals surface area contributed by atoms with Gasteiger partial charge in [0.2, 0.25) is 0 Å². The van der Waals surface area contributed by atoms with Crippen molar-refractivity contribution in [1.82, 2.24) is 24.4 Å². The second-order valence-electron chi connectivity index (χ2n) is 19.3. The Hall–Kier alpha value is -4.68. The molecule has 0 radical (unpaired) electrons. The highest BCUT2D eigenvalue weighted by Gasteiger charge is 2.40. The van der Waals surface area contributed by atoms with Gasteiger partial charge in [0.25, 0.3) is 0 Å². The van der Waals surface area contributed by atoms with Crippen LogP contribution in [0.4, 0.5) is 4.79 Å². The maximum absolute atomic E-state index is 13.4. The van der Waals surface area contributed by atoms with Gasteiger partial charge in [-0.25, -0.2) is 9.78 Å². The molecule has 7 rings (SSSR count). The van der Waals surface area contributed by atoms with Gasteiger partial charge in [0.15, 0.2) is 0 Å². The minimum Gasteiger partial charge on any atom is -0.460 e. The molecule has 58 heavy (non-hydrogen) atoms. The third kappa shape index (κ3) is 9.77. The predicted octanol–water partition coefficient (Wildman–Crippen LogP) is 10.3. The number of esters is 1. The van der Waals surface area contributed by atoms with E-state index in [1.54, 1.807) is 0 Å². The van der Waals surface area contributed by atoms with Crippen LogP contribution in [0.5, 0.6) is 0 Å². The van der Waals surface area contributed by atoms with Crippen LogP contribution >= 0.6 is 0 Å². The van der Waals surface area contributed by atoms with Crippen molar-refractivity contribution in [3.8, 4) is 22.5 Å². The highest BCUT2D eigenvalue weighted by Crippen LogP contribution is 2.42. The van der Waals surface area contributed by atoms with Crippen molar-refractivity contribution in [2.45, 2.75) is 136 Å². The first-order chi connectivity index (χ1) is 27.4. The van der Waals surface area contributed by atoms with Gasteiger partial charge in [0, 0.05) is 74.4 Å². The van der Waals surface area contributed by atoms with Crippen LogP contribution in [0.2, 0.25) is 25.7 Å². The average Bonchev–Trinajstić information content (AvgIpc) is 3.98. The Kier molecular flexibility index (Phi) is 11.8. The van der Waals surface area contributed by atoms with E-state index >= 15 is 0 Å². The number of rotatable bonds is 11. The van der Waals surface area contributed by atoms with Crippen molar-refractivity contribution in [3.63, 3.8) is 0 Å². The summed E-state index contributed by atoms with van der Waals surface area (Å²) in [5, 5.41) is 1.01. The van der Waals surface area contributed by atoms with Gasteiger partial charge in [0.05, 0.1) is 35.1 Å². The number of hydrogen-bond acceptors (Lipinski definition) is 9. The number of likely N-dealkylation sites (tertiary alicyclic amines) is 1. The van der Waals surface area contributed by atoms with Gasteiger partial charge in [-0.3, -0.25) is 24.7 Å². The first kappa shape index (κ1) is 41.5. The van der Waals surface area contributed by atoms with Crippen LogP contribution in [-0.4, -0.2) is 80.7 Å². The zero-order valence-electron chi connectivity index (χ0n) is 35.8. The van der Waals surface area contributed by atoms with Crippen molar-refractivity contribution in [2.24, 2.45) is 10.9 Å². The number of benzene rings is 1. The number of pyridine rings is 2. The maximum Gasteiger partial charge on any atom is 0.410 e. The number of fused-ring (bicyclic) bond motifs is 1. The Morgan fingerprint density at radius 3 is 2.31 bits per heavy atom. The van der Waals surface area contributed by atoms with E-state index in [9.17, 15) is 9.59 Å². The van der Waals surface area contributed by atoms with Crippen LogP contribution in [0, 0.1) is 5.92 Å². The number of allylic oxidation sites excluding steroid dienone is 1. The van der Waals surface area contributed by atoms with Crippen LogP contribution in [-0.2, 0) is 25.7 Å². The number of nitrogens with zero attached hydrogens (tertiary/aromatic N) is 6. The molecule has 3 aromatic heterocycles. The van der Waals surface area contributed by atoms with Gasteiger partial charge in [-0.2, -0.15) is 0 Å². The molecular weight excluding hydrogens is 745 g/mol. The number of ether oxygens (including phenoxy) is 3. The zero-order chi connectivity index (χ0) is 41.4. The molecule has 5 heterocycles. The summed E-state index contributed by atoms with van der Waals surface area (Å²) in [7, 11) is -1.28. The van der Waals surface area contributed by atoms with Crippen molar-refractivity contribution >= 4 is 42.3 Å². The molecule has 3 aliphatic rings. The predicted molar refractivity (Wildman–Crippen MR) is 232 cm³/mol. The van der Waals surface area contributed by atoms with Gasteiger partial charge >= 0.3 is 12.1 Å². The summed E-state index contributed by atoms with van der Waals surface area (Å²) in [4.78, 5) is 47.6. The lowest BCUT2D eigenvalue weighted by Crippen LogP contribution is -2.43. The third-order valence-corrected chi connectivity index (χ3v) is 12.8. The maximum atomic E-state index is 13.4. The number of aliphatic imine (C=N–C) groups is 1. The number of carbonyl (C=O) groups is 2. The van der Waals surface area contributed by atoms with Crippen LogP contribution in [0.1, 0.15) is 97.4 Å². The van der Waals surface area contributed by atoms with Crippen molar-refractivity contribution in [2.75, 3.05) is 13.2 Å². The number of imidazole rings is 1. The average molecular weight is 805 g/mol. The Balaban J connectivity index is 1.07.